The first kappa shape index (κ1) is 11.6. The van der Waals surface area contributed by atoms with Crippen molar-refractivity contribution < 1.29 is 9.18 Å². The highest BCUT2D eigenvalue weighted by atomic mass is 19.1. The molecule has 4 heteroatoms. The lowest BCUT2D eigenvalue weighted by molar-refractivity contribution is 0.0953. The fourth-order valence-corrected chi connectivity index (χ4v) is 1.13. The van der Waals surface area contributed by atoms with Crippen molar-refractivity contribution in [1.82, 2.24) is 10.3 Å². The van der Waals surface area contributed by atoms with Crippen LogP contribution in [-0.2, 0) is 5.41 Å². The van der Waals surface area contributed by atoms with Crippen LogP contribution in [0.5, 0.6) is 0 Å². The summed E-state index contributed by atoms with van der Waals surface area (Å²) in [6, 6.07) is 1.36. The van der Waals surface area contributed by atoms with Gasteiger partial charge in [-0.2, -0.15) is 0 Å². The summed E-state index contributed by atoms with van der Waals surface area (Å²) in [5, 5.41) is 2.34. The number of aromatic nitrogens is 1. The predicted octanol–water partition coefficient (Wildman–Crippen LogP) is 1.88. The average Bonchev–Trinajstić information content (AvgIpc) is 2.15. The SMILES string of the molecule is CNC(=O)c1ncc(C(C)(C)C)cc1F. The first-order chi connectivity index (χ1) is 6.86. The summed E-state index contributed by atoms with van der Waals surface area (Å²) in [5.74, 6) is -1.09. The molecule has 0 saturated carbocycles. The molecule has 82 valence electrons. The van der Waals surface area contributed by atoms with Crippen molar-refractivity contribution in [3.05, 3.63) is 29.3 Å². The van der Waals surface area contributed by atoms with Gasteiger partial charge in [-0.15, -0.1) is 0 Å². The second kappa shape index (κ2) is 3.96. The number of carbonyl (C=O) groups excluding carboxylic acids is 1. The van der Waals surface area contributed by atoms with E-state index in [1.54, 1.807) is 0 Å². The van der Waals surface area contributed by atoms with Gasteiger partial charge in [0.2, 0.25) is 0 Å². The number of nitrogens with one attached hydrogen (secondary N) is 1. The summed E-state index contributed by atoms with van der Waals surface area (Å²) in [5.41, 5.74) is 0.438. The maximum absolute atomic E-state index is 13.5. The predicted molar refractivity (Wildman–Crippen MR) is 56.3 cm³/mol. The van der Waals surface area contributed by atoms with E-state index in [2.05, 4.69) is 10.3 Å². The van der Waals surface area contributed by atoms with Gasteiger partial charge in [-0.1, -0.05) is 20.8 Å². The van der Waals surface area contributed by atoms with E-state index in [0.29, 0.717) is 0 Å². The van der Waals surface area contributed by atoms with E-state index in [1.165, 1.54) is 19.3 Å². The molecule has 0 spiro atoms. The summed E-state index contributed by atoms with van der Waals surface area (Å²) in [7, 11) is 1.45. The first-order valence-corrected chi connectivity index (χ1v) is 4.74. The van der Waals surface area contributed by atoms with E-state index in [1.807, 2.05) is 20.8 Å². The molecular formula is C11H15FN2O. The molecule has 0 aromatic carbocycles. The second-order valence-electron chi connectivity index (χ2n) is 4.38. The van der Waals surface area contributed by atoms with E-state index in [0.717, 1.165) is 5.56 Å². The van der Waals surface area contributed by atoms with E-state index < -0.39 is 11.7 Å². The fourth-order valence-electron chi connectivity index (χ4n) is 1.13. The molecular weight excluding hydrogens is 195 g/mol. The minimum atomic E-state index is -0.582. The van der Waals surface area contributed by atoms with E-state index in [-0.39, 0.29) is 11.1 Å². The summed E-state index contributed by atoms with van der Waals surface area (Å²) < 4.78 is 13.5. The monoisotopic (exact) mass is 210 g/mol. The summed E-state index contributed by atoms with van der Waals surface area (Å²) >= 11 is 0. The molecule has 1 rings (SSSR count). The van der Waals surface area contributed by atoms with Gasteiger partial charge in [-0.3, -0.25) is 4.79 Å². The van der Waals surface area contributed by atoms with Crippen LogP contribution in [0.4, 0.5) is 4.39 Å². The molecule has 0 unspecified atom stereocenters. The Bertz CT molecular complexity index is 383. The van der Waals surface area contributed by atoms with Crippen LogP contribution in [0.3, 0.4) is 0 Å². The molecule has 0 atom stereocenters. The molecule has 0 aliphatic rings. The van der Waals surface area contributed by atoms with Gasteiger partial charge in [0.1, 0.15) is 0 Å². The number of halogens is 1. The third-order valence-electron chi connectivity index (χ3n) is 2.15. The third-order valence-corrected chi connectivity index (χ3v) is 2.15. The van der Waals surface area contributed by atoms with E-state index in [4.69, 9.17) is 0 Å². The molecule has 0 aliphatic carbocycles. The Kier molecular flexibility index (Phi) is 3.07. The average molecular weight is 210 g/mol. The zero-order valence-corrected chi connectivity index (χ0v) is 9.39. The van der Waals surface area contributed by atoms with Crippen molar-refractivity contribution in [1.29, 1.82) is 0 Å². The van der Waals surface area contributed by atoms with Crippen LogP contribution in [-0.4, -0.2) is 17.9 Å². The molecule has 1 N–H and O–H groups in total. The molecule has 0 saturated heterocycles. The minimum absolute atomic E-state index is 0.162. The Morgan fingerprint density at radius 1 is 1.47 bits per heavy atom. The Morgan fingerprint density at radius 2 is 2.07 bits per heavy atom. The Hall–Kier alpha value is -1.45. The van der Waals surface area contributed by atoms with Crippen molar-refractivity contribution in [3.63, 3.8) is 0 Å². The highest BCUT2D eigenvalue weighted by Gasteiger charge is 2.18. The van der Waals surface area contributed by atoms with Gasteiger partial charge in [-0.25, -0.2) is 9.37 Å². The Morgan fingerprint density at radius 3 is 2.47 bits per heavy atom. The van der Waals surface area contributed by atoms with Gasteiger partial charge in [0, 0.05) is 13.2 Å². The lowest BCUT2D eigenvalue weighted by Crippen LogP contribution is -2.22. The Balaban J connectivity index is 3.15. The smallest absolute Gasteiger partial charge is 0.272 e. The normalized spacial score (nSPS) is 11.3. The molecule has 0 radical (unpaired) electrons. The largest absolute Gasteiger partial charge is 0.354 e. The zero-order chi connectivity index (χ0) is 11.6. The van der Waals surface area contributed by atoms with Gasteiger partial charge in [0.05, 0.1) is 0 Å². The first-order valence-electron chi connectivity index (χ1n) is 4.74. The van der Waals surface area contributed by atoms with E-state index in [9.17, 15) is 9.18 Å². The highest BCUT2D eigenvalue weighted by molar-refractivity contribution is 5.92. The molecule has 1 aromatic heterocycles. The van der Waals surface area contributed by atoms with Gasteiger partial charge in [-0.05, 0) is 17.0 Å². The molecule has 3 nitrogen and oxygen atoms in total. The van der Waals surface area contributed by atoms with Gasteiger partial charge in [0.25, 0.3) is 5.91 Å². The van der Waals surface area contributed by atoms with Crippen molar-refractivity contribution in [2.24, 2.45) is 0 Å². The van der Waals surface area contributed by atoms with Gasteiger partial charge >= 0.3 is 0 Å². The van der Waals surface area contributed by atoms with Crippen molar-refractivity contribution in [3.8, 4) is 0 Å². The van der Waals surface area contributed by atoms with Crippen LogP contribution in [0.25, 0.3) is 0 Å². The molecule has 15 heavy (non-hydrogen) atoms. The van der Waals surface area contributed by atoms with Crippen molar-refractivity contribution >= 4 is 5.91 Å². The Labute approximate surface area is 88.7 Å². The minimum Gasteiger partial charge on any atom is -0.354 e. The lowest BCUT2D eigenvalue weighted by atomic mass is 9.88. The van der Waals surface area contributed by atoms with Gasteiger partial charge < -0.3 is 5.32 Å². The lowest BCUT2D eigenvalue weighted by Gasteiger charge is -2.18. The summed E-state index contributed by atoms with van der Waals surface area (Å²) in [6.07, 6.45) is 1.54. The highest BCUT2D eigenvalue weighted by Crippen LogP contribution is 2.22. The number of nitrogens with zero attached hydrogens (tertiary/aromatic N) is 1. The molecule has 1 aromatic rings. The molecule has 0 aliphatic heterocycles. The number of amides is 1. The van der Waals surface area contributed by atoms with Crippen LogP contribution >= 0.6 is 0 Å². The number of pyridine rings is 1. The van der Waals surface area contributed by atoms with Crippen LogP contribution < -0.4 is 5.32 Å². The zero-order valence-electron chi connectivity index (χ0n) is 9.39. The van der Waals surface area contributed by atoms with Crippen LogP contribution in [0.2, 0.25) is 0 Å². The maximum Gasteiger partial charge on any atom is 0.272 e. The van der Waals surface area contributed by atoms with Crippen molar-refractivity contribution in [2.45, 2.75) is 26.2 Å². The fraction of sp³-hybridized carbons (Fsp3) is 0.455. The second-order valence-corrected chi connectivity index (χ2v) is 4.38. The molecule has 0 fully saturated rings. The third kappa shape index (κ3) is 2.52. The van der Waals surface area contributed by atoms with Crippen LogP contribution in [0, 0.1) is 5.82 Å². The standard InChI is InChI=1S/C11H15FN2O/c1-11(2,3)7-5-8(12)9(14-6-7)10(15)13-4/h5-6H,1-4H3,(H,13,15). The maximum atomic E-state index is 13.5. The topological polar surface area (TPSA) is 42.0 Å². The molecule has 0 bridgehead atoms. The van der Waals surface area contributed by atoms with Crippen LogP contribution in [0.1, 0.15) is 36.8 Å². The number of carbonyl (C=O) groups is 1. The molecule has 1 heterocycles. The summed E-state index contributed by atoms with van der Waals surface area (Å²) in [6.45, 7) is 5.88. The van der Waals surface area contributed by atoms with Crippen LogP contribution in [0.15, 0.2) is 12.3 Å². The number of hydrogen-bond acceptors (Lipinski definition) is 2. The van der Waals surface area contributed by atoms with E-state index >= 15 is 0 Å². The number of rotatable bonds is 1. The quantitative estimate of drug-likeness (QED) is 0.769. The molecule has 1 amide bonds. The van der Waals surface area contributed by atoms with Gasteiger partial charge in [0.15, 0.2) is 11.5 Å². The van der Waals surface area contributed by atoms with Crippen molar-refractivity contribution in [2.75, 3.05) is 7.05 Å². The summed E-state index contributed by atoms with van der Waals surface area (Å²) in [4.78, 5) is 15.0. The number of hydrogen-bond donors (Lipinski definition) is 1.